The third-order valence-electron chi connectivity index (χ3n) is 12.1. The Morgan fingerprint density at radius 1 is 1.02 bits per heavy atom. The third kappa shape index (κ3) is 9.08. The molecule has 0 radical (unpaired) electrons. The number of amides is 1. The summed E-state index contributed by atoms with van der Waals surface area (Å²) in [5, 5.41) is 16.9. The Labute approximate surface area is 370 Å². The van der Waals surface area contributed by atoms with Crippen LogP contribution < -0.4 is 24.4 Å². The molecule has 63 heavy (non-hydrogen) atoms. The maximum Gasteiger partial charge on any atom is 0.297 e. The number of hydrogen-bond donors (Lipinski definition) is 3. The van der Waals surface area contributed by atoms with Crippen LogP contribution in [0.15, 0.2) is 120 Å². The molecule has 9 rings (SSSR count). The van der Waals surface area contributed by atoms with Crippen LogP contribution in [-0.4, -0.2) is 73.4 Å². The minimum Gasteiger partial charge on any atom is -0.489 e. The first-order chi connectivity index (χ1) is 30.3. The van der Waals surface area contributed by atoms with Gasteiger partial charge in [0.2, 0.25) is 0 Å². The highest BCUT2D eigenvalue weighted by molar-refractivity contribution is 7.90. The molecule has 1 atom stereocenters. The fraction of sp³-hybridized carbons (Fsp3) is 0.277. The molecule has 16 heteroatoms. The molecule has 1 amide bonds. The van der Waals surface area contributed by atoms with Crippen molar-refractivity contribution in [2.45, 2.75) is 44.0 Å². The van der Waals surface area contributed by atoms with Crippen molar-refractivity contribution in [3.05, 3.63) is 147 Å². The molecule has 4 heterocycles. The van der Waals surface area contributed by atoms with Crippen molar-refractivity contribution < 1.29 is 27.6 Å². The number of H-pyrrole nitrogens is 1. The molecule has 0 spiro atoms. The number of benzene rings is 4. The molecule has 3 N–H and O–H groups in total. The smallest absolute Gasteiger partial charge is 0.297 e. The van der Waals surface area contributed by atoms with Crippen LogP contribution in [0.4, 0.5) is 17.1 Å². The Hall–Kier alpha value is -6.42. The summed E-state index contributed by atoms with van der Waals surface area (Å²) in [6.45, 7) is 8.68. The normalized spacial score (nSPS) is 17.7. The van der Waals surface area contributed by atoms with E-state index >= 15 is 0 Å². The van der Waals surface area contributed by atoms with Gasteiger partial charge in [-0.3, -0.25) is 19.8 Å². The number of nitrogens with zero attached hydrogens (tertiary/aromatic N) is 4. The lowest BCUT2D eigenvalue weighted by atomic mass is 9.72. The molecule has 324 valence electrons. The minimum atomic E-state index is -4.66. The van der Waals surface area contributed by atoms with Crippen LogP contribution >= 0.6 is 11.6 Å². The number of anilines is 2. The summed E-state index contributed by atoms with van der Waals surface area (Å²) < 4.78 is 42.1. The Kier molecular flexibility index (Phi) is 11.3. The van der Waals surface area contributed by atoms with Crippen molar-refractivity contribution in [2.75, 3.05) is 49.5 Å². The lowest BCUT2D eigenvalue weighted by molar-refractivity contribution is -0.384. The Balaban J connectivity index is 0.955. The maximum absolute atomic E-state index is 14.0. The molecule has 4 aromatic carbocycles. The summed E-state index contributed by atoms with van der Waals surface area (Å²) >= 11 is 6.24. The van der Waals surface area contributed by atoms with Gasteiger partial charge in [0, 0.05) is 73.2 Å². The van der Waals surface area contributed by atoms with Crippen molar-refractivity contribution in [3.8, 4) is 17.2 Å². The largest absolute Gasteiger partial charge is 0.489 e. The first-order valence-electron chi connectivity index (χ1n) is 20.8. The fourth-order valence-electron chi connectivity index (χ4n) is 8.60. The summed E-state index contributed by atoms with van der Waals surface area (Å²) in [5.74, 6) is -0.559. The monoisotopic (exact) mass is 887 g/mol. The SMILES string of the molecule is CC1(C)CCC(CN2CCN(c3ccc(C(=O)NS(=O)(=O)c4cc5c(c([N+](=O)[O-])c4)N[C@H](c4ccccc4)CO5)c(Oc4cnc5[nH]ccc5c4)c3)CC2)=C(c2ccc(Cl)cc2)C1. The van der Waals surface area contributed by atoms with Gasteiger partial charge in [0.05, 0.1) is 27.6 Å². The first-order valence-corrected chi connectivity index (χ1v) is 22.7. The van der Waals surface area contributed by atoms with Gasteiger partial charge in [-0.25, -0.2) is 18.1 Å². The number of sulfonamides is 1. The number of fused-ring (bicyclic) bond motifs is 2. The lowest BCUT2D eigenvalue weighted by Crippen LogP contribution is -2.47. The van der Waals surface area contributed by atoms with Gasteiger partial charge in [-0.05, 0) is 77.8 Å². The van der Waals surface area contributed by atoms with E-state index in [9.17, 15) is 23.3 Å². The number of aromatic amines is 1. The minimum absolute atomic E-state index is 0.0215. The van der Waals surface area contributed by atoms with Crippen molar-refractivity contribution in [2.24, 2.45) is 5.41 Å². The molecule has 3 aliphatic rings. The molecule has 1 saturated heterocycles. The van der Waals surface area contributed by atoms with E-state index < -0.39 is 37.5 Å². The van der Waals surface area contributed by atoms with Crippen molar-refractivity contribution >= 4 is 61.2 Å². The number of rotatable bonds is 11. The van der Waals surface area contributed by atoms with Crippen LogP contribution in [-0.2, 0) is 10.0 Å². The van der Waals surface area contributed by atoms with Gasteiger partial charge in [0.1, 0.15) is 23.8 Å². The summed E-state index contributed by atoms with van der Waals surface area (Å²) in [4.78, 5) is 37.3. The standard InChI is InChI=1S/C47H46ClN7O7S/c1-47(2)16-14-33(39(26-47)30-8-10-34(48)11-9-30)28-53-18-20-54(21-19-53)35-12-13-38(42(23-35)62-36-22-32-15-17-49-45(32)50-27-36)46(56)52-63(59,60)37-24-41(55(57)58)44-43(25-37)61-29-40(51-44)31-6-4-3-5-7-31/h3-13,15,17,22-25,27,40,51H,14,16,18-21,26,28-29H2,1-2H3,(H,49,50)(H,52,56)/t40-/m0/s1. The lowest BCUT2D eigenvalue weighted by Gasteiger charge is -2.39. The van der Waals surface area contributed by atoms with Crippen LogP contribution in [0, 0.1) is 15.5 Å². The summed E-state index contributed by atoms with van der Waals surface area (Å²) in [5.41, 5.74) is 6.08. The number of nitro benzene ring substituents is 1. The second kappa shape index (κ2) is 17.0. The maximum atomic E-state index is 14.0. The van der Waals surface area contributed by atoms with Crippen molar-refractivity contribution in [1.82, 2.24) is 19.6 Å². The molecule has 1 aliphatic carbocycles. The fourth-order valence-corrected chi connectivity index (χ4v) is 9.73. The number of carbonyl (C=O) groups excluding carboxylic acids is 1. The number of hydrogen-bond acceptors (Lipinski definition) is 11. The molecule has 6 aromatic rings. The molecular weight excluding hydrogens is 842 g/mol. The highest BCUT2D eigenvalue weighted by atomic mass is 35.5. The number of halogens is 1. The topological polar surface area (TPSA) is 172 Å². The van der Waals surface area contributed by atoms with Gasteiger partial charge in [0.15, 0.2) is 11.4 Å². The predicted molar refractivity (Wildman–Crippen MR) is 243 cm³/mol. The van der Waals surface area contributed by atoms with Crippen LogP contribution in [0.25, 0.3) is 16.6 Å². The Morgan fingerprint density at radius 2 is 1.79 bits per heavy atom. The average molecular weight is 888 g/mol. The number of nitro groups is 1. The van der Waals surface area contributed by atoms with Crippen LogP contribution in [0.1, 0.15) is 60.6 Å². The zero-order chi connectivity index (χ0) is 43.9. The van der Waals surface area contributed by atoms with Crippen LogP contribution in [0.3, 0.4) is 0 Å². The van der Waals surface area contributed by atoms with E-state index in [1.54, 1.807) is 24.4 Å². The molecule has 0 unspecified atom stereocenters. The van der Waals surface area contributed by atoms with Gasteiger partial charge in [-0.15, -0.1) is 0 Å². The molecule has 0 saturated carbocycles. The summed E-state index contributed by atoms with van der Waals surface area (Å²) in [7, 11) is -4.66. The first kappa shape index (κ1) is 41.9. The molecule has 2 aliphatic heterocycles. The van der Waals surface area contributed by atoms with Gasteiger partial charge in [-0.1, -0.05) is 73.5 Å². The van der Waals surface area contributed by atoms with E-state index in [2.05, 4.69) is 55.8 Å². The van der Waals surface area contributed by atoms with Gasteiger partial charge in [0.25, 0.3) is 21.6 Å². The van der Waals surface area contributed by atoms with E-state index in [0.29, 0.717) is 24.5 Å². The van der Waals surface area contributed by atoms with Crippen molar-refractivity contribution in [3.63, 3.8) is 0 Å². The number of piperazine rings is 1. The van der Waals surface area contributed by atoms with E-state index in [1.807, 2.05) is 48.5 Å². The van der Waals surface area contributed by atoms with Crippen LogP contribution in [0.2, 0.25) is 5.02 Å². The number of carbonyl (C=O) groups is 1. The predicted octanol–water partition coefficient (Wildman–Crippen LogP) is 9.37. The van der Waals surface area contributed by atoms with Gasteiger partial charge < -0.3 is 24.7 Å². The molecule has 1 fully saturated rings. The number of pyridine rings is 1. The van der Waals surface area contributed by atoms with Gasteiger partial charge in [-0.2, -0.15) is 0 Å². The highest BCUT2D eigenvalue weighted by Crippen LogP contribution is 2.45. The summed E-state index contributed by atoms with van der Waals surface area (Å²) in [6, 6.07) is 27.8. The van der Waals surface area contributed by atoms with Crippen molar-refractivity contribution in [1.29, 1.82) is 0 Å². The van der Waals surface area contributed by atoms with E-state index in [4.69, 9.17) is 21.1 Å². The highest BCUT2D eigenvalue weighted by Gasteiger charge is 2.33. The molecule has 2 aromatic heterocycles. The zero-order valence-corrected chi connectivity index (χ0v) is 36.3. The second-order valence-corrected chi connectivity index (χ2v) is 19.1. The number of nitrogens with one attached hydrogen (secondary N) is 3. The number of aromatic nitrogens is 2. The molecule has 0 bridgehead atoms. The molecular formula is C47H46ClN7O7S. The molecule has 14 nitrogen and oxygen atoms in total. The van der Waals surface area contributed by atoms with E-state index in [1.165, 1.54) is 35.0 Å². The van der Waals surface area contributed by atoms with Gasteiger partial charge >= 0.3 is 0 Å². The Bertz CT molecular complexity index is 2860. The quantitative estimate of drug-likeness (QED) is 0.0836. The second-order valence-electron chi connectivity index (χ2n) is 17.0. The summed E-state index contributed by atoms with van der Waals surface area (Å²) in [6.07, 6.45) is 6.45. The van der Waals surface area contributed by atoms with Crippen LogP contribution in [0.5, 0.6) is 17.2 Å². The zero-order valence-electron chi connectivity index (χ0n) is 34.8. The number of allylic oxidation sites excluding steroid dienone is 1. The third-order valence-corrected chi connectivity index (χ3v) is 13.6. The number of ether oxygens (including phenoxy) is 2. The Morgan fingerprint density at radius 3 is 2.56 bits per heavy atom. The van der Waals surface area contributed by atoms with E-state index in [0.717, 1.165) is 66.6 Å². The average Bonchev–Trinajstić information content (AvgIpc) is 3.75. The van der Waals surface area contributed by atoms with E-state index in [-0.39, 0.29) is 34.8 Å².